The monoisotopic (exact) mass is 796 g/mol. The van der Waals surface area contributed by atoms with Crippen LogP contribution in [-0.2, 0) is 0 Å². The summed E-state index contributed by atoms with van der Waals surface area (Å²) in [6.07, 6.45) is 0. The Bertz CT molecular complexity index is 2080. The van der Waals surface area contributed by atoms with E-state index in [0.29, 0.717) is 0 Å². The number of hydrogen-bond donors (Lipinski definition) is 0. The molecular weight excluding hydrogens is 780 g/mol. The molecule has 2 aromatic heterocycles. The first-order chi connectivity index (χ1) is 20.5. The van der Waals surface area contributed by atoms with Crippen molar-refractivity contribution in [2.45, 2.75) is 0 Å². The second kappa shape index (κ2) is 10.2. The third kappa shape index (κ3) is 4.15. The molecule has 202 valence electrons. The van der Waals surface area contributed by atoms with Crippen LogP contribution in [0.15, 0.2) is 139 Å². The van der Waals surface area contributed by atoms with Gasteiger partial charge in [0.2, 0.25) is 0 Å². The summed E-state index contributed by atoms with van der Waals surface area (Å²) >= 11 is 14.8. The van der Waals surface area contributed by atoms with Crippen molar-refractivity contribution in [3.8, 4) is 22.5 Å². The lowest BCUT2D eigenvalue weighted by molar-refractivity contribution is 1.16. The summed E-state index contributed by atoms with van der Waals surface area (Å²) in [6.45, 7) is 0. The second-order valence-corrected chi connectivity index (χ2v) is 14.0. The van der Waals surface area contributed by atoms with E-state index >= 15 is 0 Å². The first-order valence-corrected chi connectivity index (χ1v) is 16.6. The minimum Gasteiger partial charge on any atom is -0.309 e. The van der Waals surface area contributed by atoms with Gasteiger partial charge in [-0.25, -0.2) is 0 Å². The quantitative estimate of drug-likeness (QED) is 0.168. The minimum absolute atomic E-state index is 1.07. The molecule has 0 fully saturated rings. The molecule has 0 unspecified atom stereocenters. The Labute approximate surface area is 276 Å². The molecule has 2 heterocycles. The van der Waals surface area contributed by atoms with E-state index in [0.717, 1.165) is 29.3 Å². The van der Waals surface area contributed by atoms with Gasteiger partial charge in [0.1, 0.15) is 0 Å². The number of benzene rings is 6. The molecule has 42 heavy (non-hydrogen) atoms. The van der Waals surface area contributed by atoms with E-state index in [2.05, 4.69) is 194 Å². The molecule has 0 spiro atoms. The van der Waals surface area contributed by atoms with Gasteiger partial charge in [0.15, 0.2) is 0 Å². The van der Waals surface area contributed by atoms with Crippen LogP contribution in [0.1, 0.15) is 0 Å². The van der Waals surface area contributed by atoms with Crippen LogP contribution in [0, 0.1) is 0 Å². The van der Waals surface area contributed by atoms with E-state index in [1.165, 1.54) is 54.7 Å². The zero-order valence-corrected chi connectivity index (χ0v) is 28.3. The van der Waals surface area contributed by atoms with Gasteiger partial charge in [0, 0.05) is 50.6 Å². The number of fused-ring (bicyclic) bond motifs is 6. The van der Waals surface area contributed by atoms with Crippen molar-refractivity contribution < 1.29 is 0 Å². The Morgan fingerprint density at radius 3 is 0.929 bits per heavy atom. The predicted octanol–water partition coefficient (Wildman–Crippen LogP) is 12.6. The average molecular weight is 800 g/mol. The summed E-state index contributed by atoms with van der Waals surface area (Å²) in [5.74, 6) is 0. The predicted molar refractivity (Wildman–Crippen MR) is 191 cm³/mol. The number of hydrogen-bond acceptors (Lipinski definition) is 0. The van der Waals surface area contributed by atoms with E-state index in [9.17, 15) is 0 Å². The van der Waals surface area contributed by atoms with Crippen LogP contribution in [0.25, 0.3) is 66.1 Å². The van der Waals surface area contributed by atoms with Crippen LogP contribution in [0.3, 0.4) is 0 Å². The van der Waals surface area contributed by atoms with Crippen LogP contribution in [0.2, 0.25) is 0 Å². The van der Waals surface area contributed by atoms with Gasteiger partial charge in [-0.15, -0.1) is 0 Å². The van der Waals surface area contributed by atoms with Crippen molar-refractivity contribution >= 4 is 107 Å². The van der Waals surface area contributed by atoms with E-state index in [1.54, 1.807) is 0 Å². The van der Waals surface area contributed by atoms with Gasteiger partial charge in [-0.1, -0.05) is 100 Å². The minimum atomic E-state index is 1.07. The summed E-state index contributed by atoms with van der Waals surface area (Å²) in [5.41, 5.74) is 9.29. The van der Waals surface area contributed by atoms with Crippen molar-refractivity contribution in [2.24, 2.45) is 0 Å². The summed E-state index contributed by atoms with van der Waals surface area (Å²) in [4.78, 5) is 0. The van der Waals surface area contributed by atoms with Gasteiger partial charge < -0.3 is 9.13 Å². The molecule has 0 bridgehead atoms. The Hall–Kier alpha value is -3.16. The Morgan fingerprint density at radius 1 is 0.333 bits per heavy atom. The molecule has 0 radical (unpaired) electrons. The molecule has 0 aliphatic carbocycles. The fourth-order valence-electron chi connectivity index (χ4n) is 6.25. The molecular formula is C36H20Br4N2. The lowest BCUT2D eigenvalue weighted by Crippen LogP contribution is -2.01. The van der Waals surface area contributed by atoms with Crippen LogP contribution in [0.5, 0.6) is 0 Å². The molecule has 0 aliphatic heterocycles. The van der Waals surface area contributed by atoms with Gasteiger partial charge in [-0.3, -0.25) is 0 Å². The van der Waals surface area contributed by atoms with Gasteiger partial charge in [-0.2, -0.15) is 0 Å². The SMILES string of the molecule is Brc1ccc2c(c1)c1cc(Br)ccc1n2-c1ccccc1-c1ccccc1-n1c2ccc(Br)cc2c2cc(Br)ccc21. The Morgan fingerprint density at radius 2 is 0.619 bits per heavy atom. The van der Waals surface area contributed by atoms with Crippen LogP contribution in [0.4, 0.5) is 0 Å². The first kappa shape index (κ1) is 26.5. The Kier molecular flexibility index (Phi) is 6.45. The number of nitrogens with zero attached hydrogens (tertiary/aromatic N) is 2. The number of para-hydroxylation sites is 2. The molecule has 2 nitrogen and oxygen atoms in total. The standard InChI is InChI=1S/C36H20Br4N2/c37-21-9-13-33-27(17-21)28-18-22(38)10-14-34(28)41(33)31-7-3-1-5-25(31)26-6-2-4-8-32(26)42-35-15-11-23(39)19-29(35)30-20-24(40)12-16-36(30)42/h1-20H. The highest BCUT2D eigenvalue weighted by Crippen LogP contribution is 2.42. The van der Waals surface area contributed by atoms with E-state index in [4.69, 9.17) is 0 Å². The Balaban J connectivity index is 1.46. The van der Waals surface area contributed by atoms with Crippen LogP contribution in [-0.4, -0.2) is 9.13 Å². The zero-order chi connectivity index (χ0) is 28.5. The van der Waals surface area contributed by atoms with E-state index in [1.807, 2.05) is 0 Å². The van der Waals surface area contributed by atoms with Crippen molar-refractivity contribution in [3.05, 3.63) is 139 Å². The third-order valence-corrected chi connectivity index (χ3v) is 9.93. The molecule has 8 aromatic rings. The van der Waals surface area contributed by atoms with Gasteiger partial charge in [-0.05, 0) is 84.9 Å². The van der Waals surface area contributed by atoms with Gasteiger partial charge in [0.05, 0.1) is 33.4 Å². The van der Waals surface area contributed by atoms with Crippen LogP contribution >= 0.6 is 63.7 Å². The number of rotatable bonds is 3. The lowest BCUT2D eigenvalue weighted by Gasteiger charge is -2.18. The first-order valence-electron chi connectivity index (χ1n) is 13.5. The topological polar surface area (TPSA) is 9.86 Å². The highest BCUT2D eigenvalue weighted by molar-refractivity contribution is 9.11. The smallest absolute Gasteiger partial charge is 0.0542 e. The van der Waals surface area contributed by atoms with Gasteiger partial charge >= 0.3 is 0 Å². The molecule has 8 rings (SSSR count). The van der Waals surface area contributed by atoms with Crippen molar-refractivity contribution in [1.82, 2.24) is 9.13 Å². The molecule has 0 N–H and O–H groups in total. The van der Waals surface area contributed by atoms with Crippen molar-refractivity contribution in [1.29, 1.82) is 0 Å². The lowest BCUT2D eigenvalue weighted by atomic mass is 10.0. The average Bonchev–Trinajstić information content (AvgIpc) is 3.48. The summed E-state index contributed by atoms with van der Waals surface area (Å²) < 4.78 is 9.06. The van der Waals surface area contributed by atoms with Gasteiger partial charge in [0.25, 0.3) is 0 Å². The fraction of sp³-hybridized carbons (Fsp3) is 0. The fourth-order valence-corrected chi connectivity index (χ4v) is 7.69. The molecule has 0 amide bonds. The summed E-state index contributed by atoms with van der Waals surface area (Å²) in [6, 6.07) is 43.7. The molecule has 6 aromatic carbocycles. The van der Waals surface area contributed by atoms with E-state index < -0.39 is 0 Å². The zero-order valence-electron chi connectivity index (χ0n) is 22.0. The highest BCUT2D eigenvalue weighted by Gasteiger charge is 2.20. The maximum Gasteiger partial charge on any atom is 0.0542 e. The number of halogens is 4. The molecule has 0 aliphatic rings. The maximum absolute atomic E-state index is 3.70. The molecule has 6 heteroatoms. The van der Waals surface area contributed by atoms with Crippen LogP contribution < -0.4 is 0 Å². The molecule has 0 atom stereocenters. The number of aromatic nitrogens is 2. The normalized spacial score (nSPS) is 11.8. The third-order valence-electron chi connectivity index (χ3n) is 7.96. The second-order valence-electron chi connectivity index (χ2n) is 10.4. The van der Waals surface area contributed by atoms with Crippen molar-refractivity contribution in [2.75, 3.05) is 0 Å². The molecule has 0 saturated heterocycles. The largest absolute Gasteiger partial charge is 0.309 e. The van der Waals surface area contributed by atoms with Crippen molar-refractivity contribution in [3.63, 3.8) is 0 Å². The highest BCUT2D eigenvalue weighted by atomic mass is 79.9. The summed E-state index contributed by atoms with van der Waals surface area (Å²) in [5, 5.41) is 4.84. The van der Waals surface area contributed by atoms with E-state index in [-0.39, 0.29) is 0 Å². The molecule has 0 saturated carbocycles. The maximum atomic E-state index is 3.70. The summed E-state index contributed by atoms with van der Waals surface area (Å²) in [7, 11) is 0.